The normalized spacial score (nSPS) is 11.1. The number of rotatable bonds is 6. The Bertz CT molecular complexity index is 569. The van der Waals surface area contributed by atoms with Gasteiger partial charge < -0.3 is 9.84 Å². The summed E-state index contributed by atoms with van der Waals surface area (Å²) in [5, 5.41) is 14.0. The van der Waals surface area contributed by atoms with Crippen LogP contribution < -0.4 is 4.74 Å². The molecule has 0 saturated carbocycles. The lowest BCUT2D eigenvalue weighted by Crippen LogP contribution is -2.12. The summed E-state index contributed by atoms with van der Waals surface area (Å²) in [7, 11) is 0. The molecule has 0 bridgehead atoms. The maximum atomic E-state index is 9.30. The van der Waals surface area contributed by atoms with Crippen LogP contribution in [0.4, 0.5) is 0 Å². The first-order valence-corrected chi connectivity index (χ1v) is 6.87. The zero-order valence-corrected chi connectivity index (χ0v) is 12.3. The number of aromatic nitrogens is 3. The van der Waals surface area contributed by atoms with Crippen molar-refractivity contribution in [2.75, 3.05) is 0 Å². The largest absolute Gasteiger partial charge is 0.484 e. The van der Waals surface area contributed by atoms with E-state index in [4.69, 9.17) is 16.3 Å². The van der Waals surface area contributed by atoms with Crippen LogP contribution >= 0.6 is 11.6 Å². The van der Waals surface area contributed by atoms with Gasteiger partial charge in [-0.25, -0.2) is 9.67 Å². The number of benzene rings is 1. The van der Waals surface area contributed by atoms with E-state index in [1.165, 1.54) is 6.33 Å². The Kier molecular flexibility index (Phi) is 4.98. The molecule has 20 heavy (non-hydrogen) atoms. The van der Waals surface area contributed by atoms with Crippen LogP contribution in [0, 0.1) is 5.92 Å². The number of hydrogen-bond donors (Lipinski definition) is 1. The molecule has 0 amide bonds. The summed E-state index contributed by atoms with van der Waals surface area (Å²) >= 11 is 6.09. The molecule has 0 spiro atoms. The van der Waals surface area contributed by atoms with Gasteiger partial charge in [-0.05, 0) is 12.0 Å². The number of ether oxygens (including phenoxy) is 1. The molecule has 0 atom stereocenters. The molecule has 2 aromatic rings. The summed E-state index contributed by atoms with van der Waals surface area (Å²) < 4.78 is 7.53. The Balaban J connectivity index is 2.11. The Morgan fingerprint density at radius 2 is 2.20 bits per heavy atom. The van der Waals surface area contributed by atoms with Crippen molar-refractivity contribution in [3.63, 3.8) is 0 Å². The van der Waals surface area contributed by atoms with E-state index in [2.05, 4.69) is 23.9 Å². The standard InChI is InChI=1S/C14H18ClN3O2/c1-10(2)6-18-13(16-9-17-18)8-20-14-11(7-19)4-3-5-12(14)15/h3-5,9-10,19H,6-8H2,1-2H3. The minimum atomic E-state index is -0.116. The Labute approximate surface area is 123 Å². The van der Waals surface area contributed by atoms with E-state index in [9.17, 15) is 5.11 Å². The lowest BCUT2D eigenvalue weighted by atomic mass is 10.2. The van der Waals surface area contributed by atoms with Gasteiger partial charge in [-0.15, -0.1) is 0 Å². The first-order chi connectivity index (χ1) is 9.61. The number of hydrogen-bond acceptors (Lipinski definition) is 4. The second-order valence-corrected chi connectivity index (χ2v) is 5.33. The second kappa shape index (κ2) is 6.72. The van der Waals surface area contributed by atoms with Crippen LogP contribution in [-0.2, 0) is 19.8 Å². The molecule has 2 rings (SSSR count). The van der Waals surface area contributed by atoms with Gasteiger partial charge in [0.25, 0.3) is 0 Å². The molecule has 0 saturated heterocycles. The topological polar surface area (TPSA) is 60.2 Å². The maximum Gasteiger partial charge on any atom is 0.164 e. The van der Waals surface area contributed by atoms with Gasteiger partial charge >= 0.3 is 0 Å². The van der Waals surface area contributed by atoms with Crippen molar-refractivity contribution in [3.8, 4) is 5.75 Å². The minimum absolute atomic E-state index is 0.116. The van der Waals surface area contributed by atoms with Gasteiger partial charge in [0.1, 0.15) is 18.7 Å². The second-order valence-electron chi connectivity index (χ2n) is 4.93. The third-order valence-electron chi connectivity index (χ3n) is 2.80. The number of nitrogens with zero attached hydrogens (tertiary/aromatic N) is 3. The minimum Gasteiger partial charge on any atom is -0.484 e. The fourth-order valence-corrected chi connectivity index (χ4v) is 2.12. The van der Waals surface area contributed by atoms with Gasteiger partial charge in [0.2, 0.25) is 0 Å². The van der Waals surface area contributed by atoms with Crippen LogP contribution in [0.2, 0.25) is 5.02 Å². The van der Waals surface area contributed by atoms with Crippen LogP contribution in [0.3, 0.4) is 0 Å². The van der Waals surface area contributed by atoms with Gasteiger partial charge in [-0.1, -0.05) is 37.6 Å². The molecule has 0 unspecified atom stereocenters. The molecule has 0 aliphatic heterocycles. The number of aliphatic hydroxyl groups excluding tert-OH is 1. The van der Waals surface area contributed by atoms with E-state index in [1.54, 1.807) is 18.2 Å². The molecule has 1 aromatic heterocycles. The van der Waals surface area contributed by atoms with Crippen LogP contribution in [0.15, 0.2) is 24.5 Å². The first-order valence-electron chi connectivity index (χ1n) is 6.49. The van der Waals surface area contributed by atoms with Gasteiger partial charge in [0.15, 0.2) is 5.82 Å². The van der Waals surface area contributed by atoms with Crippen LogP contribution in [0.5, 0.6) is 5.75 Å². The quantitative estimate of drug-likeness (QED) is 0.890. The van der Waals surface area contributed by atoms with E-state index in [0.29, 0.717) is 22.3 Å². The highest BCUT2D eigenvalue weighted by atomic mass is 35.5. The molecular formula is C14H18ClN3O2. The van der Waals surface area contributed by atoms with Crippen LogP contribution in [-0.4, -0.2) is 19.9 Å². The molecule has 5 nitrogen and oxygen atoms in total. The number of para-hydroxylation sites is 1. The molecule has 0 radical (unpaired) electrons. The van der Waals surface area contributed by atoms with E-state index in [1.807, 2.05) is 4.68 Å². The van der Waals surface area contributed by atoms with E-state index < -0.39 is 0 Å². The molecule has 6 heteroatoms. The van der Waals surface area contributed by atoms with E-state index in [-0.39, 0.29) is 13.2 Å². The number of aliphatic hydroxyl groups is 1. The van der Waals surface area contributed by atoms with Crippen LogP contribution in [0.1, 0.15) is 25.2 Å². The summed E-state index contributed by atoms with van der Waals surface area (Å²) in [5.74, 6) is 1.71. The Morgan fingerprint density at radius 3 is 2.90 bits per heavy atom. The van der Waals surface area contributed by atoms with Crippen molar-refractivity contribution in [3.05, 3.63) is 40.9 Å². The van der Waals surface area contributed by atoms with Crippen molar-refractivity contribution in [2.24, 2.45) is 5.92 Å². The highest BCUT2D eigenvalue weighted by molar-refractivity contribution is 6.32. The van der Waals surface area contributed by atoms with Crippen molar-refractivity contribution >= 4 is 11.6 Å². The molecule has 108 valence electrons. The first kappa shape index (κ1) is 14.8. The molecule has 0 fully saturated rings. The molecule has 1 heterocycles. The fraction of sp³-hybridized carbons (Fsp3) is 0.429. The maximum absolute atomic E-state index is 9.30. The predicted molar refractivity (Wildman–Crippen MR) is 76.6 cm³/mol. The fourth-order valence-electron chi connectivity index (χ4n) is 1.87. The SMILES string of the molecule is CC(C)Cn1ncnc1COc1c(Cl)cccc1CO. The molecular weight excluding hydrogens is 278 g/mol. The molecule has 0 aliphatic rings. The highest BCUT2D eigenvalue weighted by Crippen LogP contribution is 2.29. The van der Waals surface area contributed by atoms with Gasteiger partial charge in [0, 0.05) is 12.1 Å². The van der Waals surface area contributed by atoms with E-state index >= 15 is 0 Å². The predicted octanol–water partition coefficient (Wildman–Crippen LogP) is 2.66. The van der Waals surface area contributed by atoms with Gasteiger partial charge in [0.05, 0.1) is 11.6 Å². The third-order valence-corrected chi connectivity index (χ3v) is 3.10. The summed E-state index contributed by atoms with van der Waals surface area (Å²) in [6.07, 6.45) is 1.51. The monoisotopic (exact) mass is 295 g/mol. The average Bonchev–Trinajstić information content (AvgIpc) is 2.83. The Hall–Kier alpha value is -1.59. The smallest absolute Gasteiger partial charge is 0.164 e. The third kappa shape index (κ3) is 3.49. The average molecular weight is 296 g/mol. The van der Waals surface area contributed by atoms with E-state index in [0.717, 1.165) is 12.4 Å². The lowest BCUT2D eigenvalue weighted by molar-refractivity contribution is 0.251. The van der Waals surface area contributed by atoms with Crippen molar-refractivity contribution in [2.45, 2.75) is 33.6 Å². The summed E-state index contributed by atoms with van der Waals surface area (Å²) in [6.45, 7) is 5.17. The zero-order valence-electron chi connectivity index (χ0n) is 11.6. The van der Waals surface area contributed by atoms with Crippen molar-refractivity contribution in [1.82, 2.24) is 14.8 Å². The van der Waals surface area contributed by atoms with Gasteiger partial charge in [-0.2, -0.15) is 5.10 Å². The summed E-state index contributed by atoms with van der Waals surface area (Å²) in [4.78, 5) is 4.19. The molecule has 0 aliphatic carbocycles. The van der Waals surface area contributed by atoms with Crippen LogP contribution in [0.25, 0.3) is 0 Å². The van der Waals surface area contributed by atoms with Crippen molar-refractivity contribution < 1.29 is 9.84 Å². The number of halogens is 1. The lowest BCUT2D eigenvalue weighted by Gasteiger charge is -2.13. The highest BCUT2D eigenvalue weighted by Gasteiger charge is 2.11. The Morgan fingerprint density at radius 1 is 1.40 bits per heavy atom. The molecule has 1 N–H and O–H groups in total. The van der Waals surface area contributed by atoms with Gasteiger partial charge in [-0.3, -0.25) is 0 Å². The summed E-state index contributed by atoms with van der Waals surface area (Å²) in [6, 6.07) is 5.29. The van der Waals surface area contributed by atoms with Crippen molar-refractivity contribution in [1.29, 1.82) is 0 Å². The summed E-state index contributed by atoms with van der Waals surface area (Å²) in [5.41, 5.74) is 0.660. The zero-order chi connectivity index (χ0) is 14.5. The molecule has 1 aromatic carbocycles.